The number of carbonyl (C=O) groups is 1. The topological polar surface area (TPSA) is 69.6 Å². The lowest BCUT2D eigenvalue weighted by atomic mass is 9.98. The van der Waals surface area contributed by atoms with Crippen molar-refractivity contribution >= 4 is 5.91 Å². The maximum absolute atomic E-state index is 11.9. The molecule has 4 heteroatoms. The second-order valence-corrected chi connectivity index (χ2v) is 5.17. The third kappa shape index (κ3) is 4.62. The fourth-order valence-electron chi connectivity index (χ4n) is 2.00. The van der Waals surface area contributed by atoms with Gasteiger partial charge in [-0.3, -0.25) is 4.79 Å². The smallest absolute Gasteiger partial charge is 0.220 e. The number of hydrogen-bond donors (Lipinski definition) is 3. The van der Waals surface area contributed by atoms with Gasteiger partial charge in [0.1, 0.15) is 0 Å². The van der Waals surface area contributed by atoms with Crippen molar-refractivity contribution < 1.29 is 15.0 Å². The molecule has 1 aromatic rings. The largest absolute Gasteiger partial charge is 0.394 e. The van der Waals surface area contributed by atoms with Gasteiger partial charge in [-0.2, -0.15) is 0 Å². The van der Waals surface area contributed by atoms with E-state index in [9.17, 15) is 15.0 Å². The molecule has 1 rings (SSSR count). The van der Waals surface area contributed by atoms with Crippen molar-refractivity contribution in [3.05, 3.63) is 35.4 Å². The van der Waals surface area contributed by atoms with Crippen molar-refractivity contribution in [2.45, 2.75) is 45.1 Å². The molecule has 0 fully saturated rings. The number of aliphatic hydroxyl groups is 2. The predicted molar refractivity (Wildman–Crippen MR) is 79.5 cm³/mol. The molecule has 0 saturated carbocycles. The van der Waals surface area contributed by atoms with E-state index in [1.807, 2.05) is 19.1 Å². The molecule has 0 heterocycles. The summed E-state index contributed by atoms with van der Waals surface area (Å²) in [6, 6.07) is 8.23. The summed E-state index contributed by atoms with van der Waals surface area (Å²) < 4.78 is 0. The Hall–Kier alpha value is -1.39. The van der Waals surface area contributed by atoms with Crippen LogP contribution in [0.25, 0.3) is 0 Å². The number of hydrogen-bond acceptors (Lipinski definition) is 3. The Morgan fingerprint density at radius 1 is 1.10 bits per heavy atom. The van der Waals surface area contributed by atoms with Gasteiger partial charge >= 0.3 is 0 Å². The van der Waals surface area contributed by atoms with Crippen LogP contribution in [0.2, 0.25) is 0 Å². The molecule has 20 heavy (non-hydrogen) atoms. The summed E-state index contributed by atoms with van der Waals surface area (Å²) in [5.74, 6) is -0.144. The second kappa shape index (κ2) is 8.02. The molecule has 0 saturated heterocycles. The highest BCUT2D eigenvalue weighted by atomic mass is 16.3. The molecule has 3 N–H and O–H groups in total. The van der Waals surface area contributed by atoms with Gasteiger partial charge in [-0.25, -0.2) is 0 Å². The van der Waals surface area contributed by atoms with Crippen LogP contribution in [0.3, 0.4) is 0 Å². The number of carbonyl (C=O) groups excluding carboxylic acids is 1. The van der Waals surface area contributed by atoms with Gasteiger partial charge in [-0.15, -0.1) is 0 Å². The molecule has 1 aromatic carbocycles. The lowest BCUT2D eigenvalue weighted by Gasteiger charge is -2.29. The van der Waals surface area contributed by atoms with Crippen LogP contribution in [0.5, 0.6) is 0 Å². The van der Waals surface area contributed by atoms with E-state index in [0.717, 1.165) is 12.0 Å². The van der Waals surface area contributed by atoms with Gasteiger partial charge in [0.25, 0.3) is 0 Å². The van der Waals surface area contributed by atoms with Gasteiger partial charge in [0.05, 0.1) is 18.8 Å². The van der Waals surface area contributed by atoms with Crippen molar-refractivity contribution in [1.29, 1.82) is 0 Å². The van der Waals surface area contributed by atoms with Crippen LogP contribution in [0.4, 0.5) is 0 Å². The molecule has 0 unspecified atom stereocenters. The quantitative estimate of drug-likeness (QED) is 0.674. The van der Waals surface area contributed by atoms with E-state index in [-0.39, 0.29) is 19.1 Å². The van der Waals surface area contributed by atoms with Crippen molar-refractivity contribution in [1.82, 2.24) is 5.32 Å². The minimum Gasteiger partial charge on any atom is -0.394 e. The first-order valence-electron chi connectivity index (χ1n) is 7.19. The molecule has 112 valence electrons. The van der Waals surface area contributed by atoms with E-state index in [1.165, 1.54) is 5.56 Å². The first kappa shape index (κ1) is 16.7. The Kier molecular flexibility index (Phi) is 6.68. The Balaban J connectivity index is 2.50. The summed E-state index contributed by atoms with van der Waals surface area (Å²) >= 11 is 0. The van der Waals surface area contributed by atoms with Crippen LogP contribution in [0.1, 0.15) is 37.8 Å². The summed E-state index contributed by atoms with van der Waals surface area (Å²) in [5, 5.41) is 21.3. The molecule has 0 aromatic heterocycles. The average Bonchev–Trinajstić information content (AvgIpc) is 2.51. The van der Waals surface area contributed by atoms with E-state index in [1.54, 1.807) is 0 Å². The van der Waals surface area contributed by atoms with Gasteiger partial charge in [0.2, 0.25) is 5.91 Å². The van der Waals surface area contributed by atoms with Gasteiger partial charge in [0.15, 0.2) is 0 Å². The monoisotopic (exact) mass is 279 g/mol. The van der Waals surface area contributed by atoms with E-state index in [4.69, 9.17) is 0 Å². The van der Waals surface area contributed by atoms with Crippen molar-refractivity contribution in [2.75, 3.05) is 13.2 Å². The van der Waals surface area contributed by atoms with E-state index < -0.39 is 5.54 Å². The molecular formula is C16H25NO3. The van der Waals surface area contributed by atoms with Crippen LogP contribution in [0.15, 0.2) is 24.3 Å². The normalized spacial score (nSPS) is 11.4. The van der Waals surface area contributed by atoms with Gasteiger partial charge in [0, 0.05) is 6.42 Å². The van der Waals surface area contributed by atoms with Crippen molar-refractivity contribution in [3.63, 3.8) is 0 Å². The van der Waals surface area contributed by atoms with Crippen LogP contribution in [-0.4, -0.2) is 34.9 Å². The number of nitrogens with one attached hydrogen (secondary N) is 1. The zero-order chi connectivity index (χ0) is 15.0. The number of aryl methyl sites for hydroxylation is 2. The lowest BCUT2D eigenvalue weighted by molar-refractivity contribution is -0.124. The SMILES string of the molecule is CCc1ccc(CCC(=O)NC(CC)(CO)CO)cc1. The maximum Gasteiger partial charge on any atom is 0.220 e. The van der Waals surface area contributed by atoms with Gasteiger partial charge in [-0.05, 0) is 30.4 Å². The molecule has 0 spiro atoms. The van der Waals surface area contributed by atoms with Crippen LogP contribution in [0, 0.1) is 0 Å². The maximum atomic E-state index is 11.9. The van der Waals surface area contributed by atoms with Crippen molar-refractivity contribution in [2.24, 2.45) is 0 Å². The Bertz CT molecular complexity index is 402. The minimum atomic E-state index is -0.900. The Morgan fingerprint density at radius 3 is 2.10 bits per heavy atom. The third-order valence-electron chi connectivity index (χ3n) is 3.76. The van der Waals surface area contributed by atoms with Crippen LogP contribution < -0.4 is 5.32 Å². The molecule has 0 aliphatic carbocycles. The fourth-order valence-corrected chi connectivity index (χ4v) is 2.00. The second-order valence-electron chi connectivity index (χ2n) is 5.17. The molecule has 0 radical (unpaired) electrons. The highest BCUT2D eigenvalue weighted by molar-refractivity contribution is 5.77. The number of aliphatic hydroxyl groups excluding tert-OH is 2. The highest BCUT2D eigenvalue weighted by Crippen LogP contribution is 2.11. The molecule has 0 aliphatic rings. The van der Waals surface area contributed by atoms with Crippen molar-refractivity contribution in [3.8, 4) is 0 Å². The molecule has 4 nitrogen and oxygen atoms in total. The van der Waals surface area contributed by atoms with Gasteiger partial charge < -0.3 is 15.5 Å². The summed E-state index contributed by atoms with van der Waals surface area (Å²) in [6.07, 6.45) is 2.52. The molecule has 0 bridgehead atoms. The van der Waals surface area contributed by atoms with E-state index in [0.29, 0.717) is 19.3 Å². The molecular weight excluding hydrogens is 254 g/mol. The summed E-state index contributed by atoms with van der Waals surface area (Å²) in [5.41, 5.74) is 1.50. The Morgan fingerprint density at radius 2 is 1.65 bits per heavy atom. The fraction of sp³-hybridized carbons (Fsp3) is 0.562. The number of benzene rings is 1. The lowest BCUT2D eigenvalue weighted by Crippen LogP contribution is -2.53. The molecule has 0 atom stereocenters. The predicted octanol–water partition coefficient (Wildman–Crippen LogP) is 1.43. The van der Waals surface area contributed by atoms with Crippen LogP contribution >= 0.6 is 0 Å². The Labute approximate surface area is 120 Å². The average molecular weight is 279 g/mol. The summed E-state index contributed by atoms with van der Waals surface area (Å²) in [7, 11) is 0. The first-order valence-corrected chi connectivity index (χ1v) is 7.19. The standard InChI is InChI=1S/C16H25NO3/c1-3-13-5-7-14(8-6-13)9-10-15(20)17-16(4-2,11-18)12-19/h5-8,18-19H,3-4,9-12H2,1-2H3,(H,17,20). The molecule has 0 aliphatic heterocycles. The van der Waals surface area contributed by atoms with Crippen LogP contribution in [-0.2, 0) is 17.6 Å². The van der Waals surface area contributed by atoms with E-state index >= 15 is 0 Å². The zero-order valence-corrected chi connectivity index (χ0v) is 12.4. The third-order valence-corrected chi connectivity index (χ3v) is 3.76. The first-order chi connectivity index (χ1) is 9.59. The molecule has 1 amide bonds. The van der Waals surface area contributed by atoms with Gasteiger partial charge in [-0.1, -0.05) is 38.1 Å². The minimum absolute atomic E-state index is 0.144. The number of amides is 1. The summed E-state index contributed by atoms with van der Waals surface area (Å²) in [4.78, 5) is 11.9. The van der Waals surface area contributed by atoms with E-state index in [2.05, 4.69) is 24.4 Å². The summed E-state index contributed by atoms with van der Waals surface area (Å²) in [6.45, 7) is 3.43. The number of rotatable bonds is 8. The zero-order valence-electron chi connectivity index (χ0n) is 12.4. The highest BCUT2D eigenvalue weighted by Gasteiger charge is 2.28.